The van der Waals surface area contributed by atoms with Gasteiger partial charge in [0, 0.05) is 44.2 Å². The van der Waals surface area contributed by atoms with Crippen LogP contribution in [0.4, 0.5) is 0 Å². The van der Waals surface area contributed by atoms with E-state index in [2.05, 4.69) is 25.0 Å². The van der Waals surface area contributed by atoms with E-state index in [1.165, 1.54) is 6.26 Å². The standard InChI is InChI=1S/C24H31N5O5/c1-15(25-24(30)18-7-11-34-16(18)2)23-27-26-22-6-8-28(9-10-29(22)23)14-17-12-20(32-4)21(33-5)13-19(17)31-3/h7,11-13,15H,6,8-10,14H2,1-5H3,(H,25,30). The summed E-state index contributed by atoms with van der Waals surface area (Å²) in [4.78, 5) is 15.0. The van der Waals surface area contributed by atoms with Crippen molar-refractivity contribution in [2.75, 3.05) is 34.4 Å². The van der Waals surface area contributed by atoms with Gasteiger partial charge in [-0.15, -0.1) is 10.2 Å². The Balaban J connectivity index is 1.46. The number of aromatic nitrogens is 3. The Morgan fingerprint density at radius 3 is 2.50 bits per heavy atom. The highest BCUT2D eigenvalue weighted by molar-refractivity contribution is 5.95. The van der Waals surface area contributed by atoms with E-state index in [-0.39, 0.29) is 11.9 Å². The quantitative estimate of drug-likeness (QED) is 0.537. The largest absolute Gasteiger partial charge is 0.496 e. The van der Waals surface area contributed by atoms with Crippen molar-refractivity contribution in [3.63, 3.8) is 0 Å². The third kappa shape index (κ3) is 4.72. The lowest BCUT2D eigenvalue weighted by atomic mass is 10.1. The van der Waals surface area contributed by atoms with Crippen LogP contribution in [0.25, 0.3) is 0 Å². The van der Waals surface area contributed by atoms with Crippen LogP contribution in [0.2, 0.25) is 0 Å². The Morgan fingerprint density at radius 2 is 1.82 bits per heavy atom. The summed E-state index contributed by atoms with van der Waals surface area (Å²) in [6.45, 7) is 6.73. The highest BCUT2D eigenvalue weighted by Crippen LogP contribution is 2.35. The summed E-state index contributed by atoms with van der Waals surface area (Å²) in [5.41, 5.74) is 1.55. The predicted octanol–water partition coefficient (Wildman–Crippen LogP) is 2.75. The van der Waals surface area contributed by atoms with Gasteiger partial charge in [0.25, 0.3) is 5.91 Å². The number of rotatable bonds is 8. The van der Waals surface area contributed by atoms with E-state index in [9.17, 15) is 4.79 Å². The minimum atomic E-state index is -0.291. The summed E-state index contributed by atoms with van der Waals surface area (Å²) in [7, 11) is 4.89. The maximum atomic E-state index is 12.6. The van der Waals surface area contributed by atoms with Crippen LogP contribution < -0.4 is 19.5 Å². The van der Waals surface area contributed by atoms with Crippen molar-refractivity contribution in [1.29, 1.82) is 0 Å². The van der Waals surface area contributed by atoms with Gasteiger partial charge in [-0.1, -0.05) is 0 Å². The van der Waals surface area contributed by atoms with E-state index < -0.39 is 0 Å². The Kier molecular flexibility index (Phi) is 7.06. The van der Waals surface area contributed by atoms with Gasteiger partial charge in [-0.05, 0) is 26.0 Å². The normalized spacial score (nSPS) is 14.7. The van der Waals surface area contributed by atoms with E-state index in [4.69, 9.17) is 18.6 Å². The lowest BCUT2D eigenvalue weighted by Gasteiger charge is -2.22. The molecule has 2 aromatic heterocycles. The van der Waals surface area contributed by atoms with Crippen LogP contribution in [0.1, 0.15) is 46.3 Å². The van der Waals surface area contributed by atoms with E-state index in [1.54, 1.807) is 34.3 Å². The second-order valence-corrected chi connectivity index (χ2v) is 8.26. The van der Waals surface area contributed by atoms with Crippen LogP contribution in [0.5, 0.6) is 17.2 Å². The molecule has 0 spiro atoms. The Labute approximate surface area is 198 Å². The molecule has 0 saturated carbocycles. The van der Waals surface area contributed by atoms with Gasteiger partial charge in [-0.2, -0.15) is 0 Å². The van der Waals surface area contributed by atoms with E-state index >= 15 is 0 Å². The first-order valence-electron chi connectivity index (χ1n) is 11.2. The topological polar surface area (TPSA) is 104 Å². The first kappa shape index (κ1) is 23.6. The molecule has 1 aliphatic heterocycles. The summed E-state index contributed by atoms with van der Waals surface area (Å²) in [5.74, 6) is 4.12. The van der Waals surface area contributed by atoms with Crippen molar-refractivity contribution < 1.29 is 23.4 Å². The molecule has 1 amide bonds. The van der Waals surface area contributed by atoms with Crippen molar-refractivity contribution in [3.8, 4) is 17.2 Å². The van der Waals surface area contributed by atoms with Crippen molar-refractivity contribution >= 4 is 5.91 Å². The van der Waals surface area contributed by atoms with Gasteiger partial charge >= 0.3 is 0 Å². The maximum Gasteiger partial charge on any atom is 0.255 e. The second-order valence-electron chi connectivity index (χ2n) is 8.26. The SMILES string of the molecule is COc1cc(OC)c(OC)cc1CN1CCc2nnc(C(C)NC(=O)c3ccoc3C)n2CC1. The predicted molar refractivity (Wildman–Crippen MR) is 124 cm³/mol. The maximum absolute atomic E-state index is 12.6. The van der Waals surface area contributed by atoms with E-state index in [1.807, 2.05) is 19.1 Å². The number of ether oxygens (including phenoxy) is 3. The highest BCUT2D eigenvalue weighted by Gasteiger charge is 2.24. The number of methoxy groups -OCH3 is 3. The molecule has 4 rings (SSSR count). The van der Waals surface area contributed by atoms with E-state index in [0.29, 0.717) is 29.4 Å². The molecule has 1 aromatic carbocycles. The zero-order chi connectivity index (χ0) is 24.2. The first-order chi connectivity index (χ1) is 16.4. The fourth-order valence-electron chi connectivity index (χ4n) is 4.28. The van der Waals surface area contributed by atoms with Gasteiger partial charge in [0.15, 0.2) is 17.3 Å². The number of amides is 1. The molecule has 1 unspecified atom stereocenters. The zero-order valence-electron chi connectivity index (χ0n) is 20.3. The average molecular weight is 470 g/mol. The van der Waals surface area contributed by atoms with Crippen LogP contribution >= 0.6 is 0 Å². The fourth-order valence-corrected chi connectivity index (χ4v) is 4.28. The van der Waals surface area contributed by atoms with E-state index in [0.717, 1.165) is 49.0 Å². The van der Waals surface area contributed by atoms with Crippen molar-refractivity contribution in [2.24, 2.45) is 0 Å². The number of nitrogens with one attached hydrogen (secondary N) is 1. The highest BCUT2D eigenvalue weighted by atomic mass is 16.5. The Bertz CT molecular complexity index is 1150. The number of carbonyl (C=O) groups is 1. The molecular formula is C24H31N5O5. The van der Waals surface area contributed by atoms with Crippen LogP contribution in [0.15, 0.2) is 28.9 Å². The molecule has 0 aliphatic carbocycles. The molecule has 34 heavy (non-hydrogen) atoms. The number of benzene rings is 1. The smallest absolute Gasteiger partial charge is 0.255 e. The van der Waals surface area contributed by atoms with Gasteiger partial charge in [0.2, 0.25) is 0 Å². The lowest BCUT2D eigenvalue weighted by Crippen LogP contribution is -2.30. The molecule has 3 aromatic rings. The summed E-state index contributed by atoms with van der Waals surface area (Å²) in [6.07, 6.45) is 2.27. The molecule has 3 heterocycles. The summed E-state index contributed by atoms with van der Waals surface area (Å²) >= 11 is 0. The molecule has 10 nitrogen and oxygen atoms in total. The second kappa shape index (κ2) is 10.2. The third-order valence-corrected chi connectivity index (χ3v) is 6.17. The summed E-state index contributed by atoms with van der Waals surface area (Å²) in [5, 5.41) is 11.8. The molecule has 0 bridgehead atoms. The molecule has 182 valence electrons. The molecule has 0 radical (unpaired) electrons. The van der Waals surface area contributed by atoms with Crippen LogP contribution in [-0.4, -0.2) is 60.0 Å². The van der Waals surface area contributed by atoms with Gasteiger partial charge in [-0.25, -0.2) is 0 Å². The summed E-state index contributed by atoms with van der Waals surface area (Å²) in [6, 6.07) is 5.19. The summed E-state index contributed by atoms with van der Waals surface area (Å²) < 4.78 is 23.8. The van der Waals surface area contributed by atoms with Crippen LogP contribution in [0, 0.1) is 6.92 Å². The molecule has 0 fully saturated rings. The van der Waals surface area contributed by atoms with Gasteiger partial charge < -0.3 is 28.5 Å². The van der Waals surface area contributed by atoms with Gasteiger partial charge in [0.05, 0.1) is 39.2 Å². The molecule has 0 saturated heterocycles. The minimum absolute atomic E-state index is 0.188. The molecular weight excluding hydrogens is 438 g/mol. The van der Waals surface area contributed by atoms with Crippen LogP contribution in [0.3, 0.4) is 0 Å². The van der Waals surface area contributed by atoms with Crippen LogP contribution in [-0.2, 0) is 19.5 Å². The number of hydrogen-bond donors (Lipinski definition) is 1. The number of nitrogens with zero attached hydrogens (tertiary/aromatic N) is 4. The molecule has 1 atom stereocenters. The molecule has 1 N–H and O–H groups in total. The van der Waals surface area contributed by atoms with Crippen molar-refractivity contribution in [3.05, 3.63) is 53.0 Å². The number of hydrogen-bond acceptors (Lipinski definition) is 8. The Morgan fingerprint density at radius 1 is 1.09 bits per heavy atom. The molecule has 10 heteroatoms. The Hall–Kier alpha value is -3.53. The van der Waals surface area contributed by atoms with Gasteiger partial charge in [-0.3, -0.25) is 9.69 Å². The number of furan rings is 1. The third-order valence-electron chi connectivity index (χ3n) is 6.17. The molecule has 1 aliphatic rings. The number of aryl methyl sites for hydroxylation is 1. The minimum Gasteiger partial charge on any atom is -0.496 e. The number of fused-ring (bicyclic) bond motifs is 1. The fraction of sp³-hybridized carbons (Fsp3) is 0.458. The van der Waals surface area contributed by atoms with Gasteiger partial charge in [0.1, 0.15) is 17.3 Å². The van der Waals surface area contributed by atoms with Crippen molar-refractivity contribution in [1.82, 2.24) is 25.0 Å². The monoisotopic (exact) mass is 469 g/mol. The zero-order valence-corrected chi connectivity index (χ0v) is 20.3. The first-order valence-corrected chi connectivity index (χ1v) is 11.2. The average Bonchev–Trinajstić information content (AvgIpc) is 3.40. The van der Waals surface area contributed by atoms with Crippen molar-refractivity contribution in [2.45, 2.75) is 39.4 Å². The lowest BCUT2D eigenvalue weighted by molar-refractivity contribution is 0.0936. The number of carbonyl (C=O) groups excluding carboxylic acids is 1.